The van der Waals surface area contributed by atoms with E-state index in [-0.39, 0.29) is 39.9 Å². The van der Waals surface area contributed by atoms with Crippen LogP contribution in [0.25, 0.3) is 11.3 Å². The second-order valence-electron chi connectivity index (χ2n) is 10.6. The van der Waals surface area contributed by atoms with Crippen LogP contribution in [-0.2, 0) is 21.0 Å². The Morgan fingerprint density at radius 2 is 1.73 bits per heavy atom. The first-order valence-corrected chi connectivity index (χ1v) is 14.3. The van der Waals surface area contributed by atoms with Gasteiger partial charge in [0.15, 0.2) is 5.03 Å². The van der Waals surface area contributed by atoms with Gasteiger partial charge in [-0.05, 0) is 54.0 Å². The molecule has 0 spiro atoms. The number of nitrogens with one attached hydrogen (secondary N) is 1. The number of hydrogen-bond acceptors (Lipinski definition) is 6. The fourth-order valence-corrected chi connectivity index (χ4v) is 5.87. The van der Waals surface area contributed by atoms with Crippen LogP contribution in [0.2, 0.25) is 0 Å². The van der Waals surface area contributed by atoms with Gasteiger partial charge in [-0.25, -0.2) is 9.97 Å². The maximum Gasteiger partial charge on any atom is 0.418 e. The second kappa shape index (κ2) is 11.1. The van der Waals surface area contributed by atoms with Crippen LogP contribution in [0.15, 0.2) is 59.6 Å². The molecule has 2 aromatic heterocycles. The molecule has 0 unspecified atom stereocenters. The minimum absolute atomic E-state index is 0.0520. The standard InChI is InChI=1S/C28H31F3N4O4S/c1-18(2)19-7-4-5-8-20(19)26-21(28(29,30)31)11-12-22(32-26)34-40(38,39)24-10-6-9-23(33-24)35-15-13-27(3,14-16-35)17-25(36)37/h4-12,18H,13-17H2,1-3H3,(H,32,34)(H,36,37). The number of sulfonamides is 1. The molecule has 1 saturated heterocycles. The lowest BCUT2D eigenvalue weighted by molar-refractivity contribution is -0.140. The summed E-state index contributed by atoms with van der Waals surface area (Å²) in [4.78, 5) is 21.5. The first-order valence-electron chi connectivity index (χ1n) is 12.8. The van der Waals surface area contributed by atoms with E-state index in [2.05, 4.69) is 14.7 Å². The van der Waals surface area contributed by atoms with E-state index in [0.29, 0.717) is 37.3 Å². The quantitative estimate of drug-likeness (QED) is 0.330. The molecule has 12 heteroatoms. The lowest BCUT2D eigenvalue weighted by atomic mass is 9.77. The number of anilines is 2. The third kappa shape index (κ3) is 6.55. The van der Waals surface area contributed by atoms with Gasteiger partial charge in [0, 0.05) is 18.7 Å². The summed E-state index contributed by atoms with van der Waals surface area (Å²) in [7, 11) is -4.30. The fourth-order valence-electron chi connectivity index (χ4n) is 4.90. The van der Waals surface area contributed by atoms with Crippen molar-refractivity contribution in [3.63, 3.8) is 0 Å². The van der Waals surface area contributed by atoms with Crippen molar-refractivity contribution >= 4 is 27.6 Å². The Hall–Kier alpha value is -3.67. The zero-order valence-corrected chi connectivity index (χ0v) is 23.2. The molecule has 0 radical (unpaired) electrons. The number of benzene rings is 1. The maximum absolute atomic E-state index is 13.9. The molecule has 214 valence electrons. The highest BCUT2D eigenvalue weighted by atomic mass is 32.2. The summed E-state index contributed by atoms with van der Waals surface area (Å²) in [5.41, 5.74) is -0.768. The lowest BCUT2D eigenvalue weighted by Crippen LogP contribution is -2.40. The smallest absolute Gasteiger partial charge is 0.418 e. The number of piperidine rings is 1. The first-order chi connectivity index (χ1) is 18.7. The number of aromatic nitrogens is 2. The van der Waals surface area contributed by atoms with E-state index >= 15 is 0 Å². The summed E-state index contributed by atoms with van der Waals surface area (Å²) in [6.45, 7) is 6.64. The Kier molecular flexibility index (Phi) is 8.11. The van der Waals surface area contributed by atoms with Crippen molar-refractivity contribution in [2.75, 3.05) is 22.7 Å². The normalized spacial score (nSPS) is 15.7. The van der Waals surface area contributed by atoms with Crippen LogP contribution < -0.4 is 9.62 Å². The zero-order valence-electron chi connectivity index (χ0n) is 22.4. The van der Waals surface area contributed by atoms with Gasteiger partial charge in [-0.15, -0.1) is 0 Å². The minimum atomic E-state index is -4.70. The summed E-state index contributed by atoms with van der Waals surface area (Å²) in [5, 5.41) is 8.86. The molecule has 1 fully saturated rings. The molecule has 1 aliphatic rings. The van der Waals surface area contributed by atoms with E-state index in [1.165, 1.54) is 18.2 Å². The van der Waals surface area contributed by atoms with Crippen molar-refractivity contribution in [1.29, 1.82) is 0 Å². The van der Waals surface area contributed by atoms with Gasteiger partial charge in [-0.2, -0.15) is 21.6 Å². The third-order valence-electron chi connectivity index (χ3n) is 7.13. The van der Waals surface area contributed by atoms with Gasteiger partial charge < -0.3 is 10.0 Å². The summed E-state index contributed by atoms with van der Waals surface area (Å²) in [5.74, 6) is -0.813. The number of carbonyl (C=O) groups is 1. The van der Waals surface area contributed by atoms with Gasteiger partial charge in [0.1, 0.15) is 11.6 Å². The van der Waals surface area contributed by atoms with E-state index < -0.39 is 27.7 Å². The van der Waals surface area contributed by atoms with Gasteiger partial charge in [0.2, 0.25) is 0 Å². The molecule has 40 heavy (non-hydrogen) atoms. The number of carboxylic acid groups (broad SMARTS) is 1. The molecule has 2 N–H and O–H groups in total. The van der Waals surface area contributed by atoms with Crippen molar-refractivity contribution < 1.29 is 31.5 Å². The summed E-state index contributed by atoms with van der Waals surface area (Å²) in [6, 6.07) is 12.9. The maximum atomic E-state index is 13.9. The third-order valence-corrected chi connectivity index (χ3v) is 8.39. The topological polar surface area (TPSA) is 112 Å². The highest BCUT2D eigenvalue weighted by Crippen LogP contribution is 2.40. The van der Waals surface area contributed by atoms with Crippen LogP contribution in [-0.4, -0.2) is 42.6 Å². The molecule has 0 amide bonds. The molecule has 1 aliphatic heterocycles. The number of rotatable bonds is 8. The molecular weight excluding hydrogens is 545 g/mol. The van der Waals surface area contributed by atoms with Crippen molar-refractivity contribution in [3.8, 4) is 11.3 Å². The average Bonchev–Trinajstić information content (AvgIpc) is 2.87. The number of hydrogen-bond donors (Lipinski definition) is 2. The summed E-state index contributed by atoms with van der Waals surface area (Å²) < 4.78 is 70.5. The molecule has 0 aliphatic carbocycles. The van der Waals surface area contributed by atoms with Gasteiger partial charge >= 0.3 is 12.1 Å². The van der Waals surface area contributed by atoms with E-state index in [1.807, 2.05) is 25.7 Å². The largest absolute Gasteiger partial charge is 0.481 e. The van der Waals surface area contributed by atoms with Gasteiger partial charge in [0.05, 0.1) is 17.7 Å². The molecule has 1 aromatic carbocycles. The van der Waals surface area contributed by atoms with Crippen LogP contribution in [0.1, 0.15) is 57.1 Å². The number of pyridine rings is 2. The van der Waals surface area contributed by atoms with E-state index in [0.717, 1.165) is 12.1 Å². The molecular formula is C28H31F3N4O4S. The van der Waals surface area contributed by atoms with Crippen molar-refractivity contribution in [2.45, 2.75) is 57.2 Å². The minimum Gasteiger partial charge on any atom is -0.481 e. The summed E-state index contributed by atoms with van der Waals surface area (Å²) in [6.07, 6.45) is -3.44. The van der Waals surface area contributed by atoms with E-state index in [4.69, 9.17) is 0 Å². The van der Waals surface area contributed by atoms with E-state index in [9.17, 15) is 31.5 Å². The number of aliphatic carboxylic acids is 1. The van der Waals surface area contributed by atoms with Gasteiger partial charge in [0.25, 0.3) is 10.0 Å². The van der Waals surface area contributed by atoms with Gasteiger partial charge in [-0.3, -0.25) is 9.52 Å². The average molecular weight is 577 g/mol. The lowest BCUT2D eigenvalue weighted by Gasteiger charge is -2.39. The number of halogens is 3. The Morgan fingerprint density at radius 3 is 2.35 bits per heavy atom. The number of carboxylic acids is 1. The number of nitrogens with zero attached hydrogens (tertiary/aromatic N) is 3. The van der Waals surface area contributed by atoms with Crippen LogP contribution in [0.5, 0.6) is 0 Å². The molecule has 3 aromatic rings. The monoisotopic (exact) mass is 576 g/mol. The molecule has 4 rings (SSSR count). The fraction of sp³-hybridized carbons (Fsp3) is 0.393. The molecule has 0 atom stereocenters. The number of alkyl halides is 3. The van der Waals surface area contributed by atoms with Crippen LogP contribution in [0, 0.1) is 5.41 Å². The van der Waals surface area contributed by atoms with Crippen molar-refractivity contribution in [3.05, 3.63) is 65.7 Å². The predicted molar refractivity (Wildman–Crippen MR) is 146 cm³/mol. The van der Waals surface area contributed by atoms with Gasteiger partial charge in [-0.1, -0.05) is 51.1 Å². The Labute approximate surface area is 231 Å². The zero-order chi connectivity index (χ0) is 29.3. The Bertz CT molecular complexity index is 1500. The highest BCUT2D eigenvalue weighted by molar-refractivity contribution is 7.92. The van der Waals surface area contributed by atoms with E-state index in [1.54, 1.807) is 24.3 Å². The van der Waals surface area contributed by atoms with Crippen molar-refractivity contribution in [2.24, 2.45) is 5.41 Å². The summed E-state index contributed by atoms with van der Waals surface area (Å²) >= 11 is 0. The first kappa shape index (κ1) is 29.3. The van der Waals surface area contributed by atoms with Crippen molar-refractivity contribution in [1.82, 2.24) is 9.97 Å². The Balaban J connectivity index is 1.63. The predicted octanol–water partition coefficient (Wildman–Crippen LogP) is 6.17. The molecule has 0 saturated carbocycles. The second-order valence-corrected chi connectivity index (χ2v) is 12.3. The van der Waals surface area contributed by atoms with Crippen LogP contribution >= 0.6 is 0 Å². The van der Waals surface area contributed by atoms with Crippen LogP contribution in [0.3, 0.4) is 0 Å². The SMILES string of the molecule is CC(C)c1ccccc1-c1nc(NS(=O)(=O)c2cccc(N3CCC(C)(CC(=O)O)CC3)n2)ccc1C(F)(F)F. The highest BCUT2D eigenvalue weighted by Gasteiger charge is 2.36. The Morgan fingerprint density at radius 1 is 1.05 bits per heavy atom. The molecule has 8 nitrogen and oxygen atoms in total. The van der Waals surface area contributed by atoms with Crippen LogP contribution in [0.4, 0.5) is 24.8 Å². The molecule has 0 bridgehead atoms. The molecule has 3 heterocycles.